The lowest BCUT2D eigenvalue weighted by atomic mass is 10.2. The Morgan fingerprint density at radius 3 is 2.57 bits per heavy atom. The zero-order chi connectivity index (χ0) is 19.9. The van der Waals surface area contributed by atoms with Gasteiger partial charge in [-0.05, 0) is 36.4 Å². The molecule has 0 bridgehead atoms. The number of halogens is 1. The van der Waals surface area contributed by atoms with Gasteiger partial charge in [0.15, 0.2) is 11.5 Å². The summed E-state index contributed by atoms with van der Waals surface area (Å²) < 4.78 is 39.4. The molecule has 10 nitrogen and oxygen atoms in total. The Balaban J connectivity index is 1.64. The fourth-order valence-electron chi connectivity index (χ4n) is 2.71. The van der Waals surface area contributed by atoms with Crippen LogP contribution in [0.25, 0.3) is 17.0 Å². The maximum absolute atomic E-state index is 13.2. The fraction of sp³-hybridized carbons (Fsp3) is 0.125. The molecule has 0 aliphatic heterocycles. The Kier molecular flexibility index (Phi) is 4.28. The van der Waals surface area contributed by atoms with Crippen LogP contribution in [-0.4, -0.2) is 38.0 Å². The van der Waals surface area contributed by atoms with Crippen molar-refractivity contribution >= 4 is 21.5 Å². The first-order valence-corrected chi connectivity index (χ1v) is 9.63. The molecule has 0 radical (unpaired) electrons. The van der Waals surface area contributed by atoms with Crippen LogP contribution >= 0.6 is 0 Å². The van der Waals surface area contributed by atoms with Crippen molar-refractivity contribution in [2.45, 2.75) is 11.4 Å². The number of nitrogens with two attached hydrogens (primary N) is 1. The highest BCUT2D eigenvalue weighted by atomic mass is 32.2. The lowest BCUT2D eigenvalue weighted by Gasteiger charge is -2.06. The number of benzene rings is 1. The molecule has 12 heteroatoms. The summed E-state index contributed by atoms with van der Waals surface area (Å²) in [7, 11) is -2.28. The molecule has 0 atom stereocenters. The molecule has 0 aliphatic rings. The van der Waals surface area contributed by atoms with Crippen molar-refractivity contribution in [3.05, 3.63) is 54.1 Å². The number of rotatable bonds is 5. The third-order valence-electron chi connectivity index (χ3n) is 3.98. The van der Waals surface area contributed by atoms with E-state index in [2.05, 4.69) is 25.7 Å². The number of hydrogen-bond donors (Lipinski definition) is 2. The van der Waals surface area contributed by atoms with Crippen LogP contribution in [-0.2, 0) is 23.6 Å². The van der Waals surface area contributed by atoms with Crippen LogP contribution in [0.4, 0.5) is 10.2 Å². The molecule has 144 valence electrons. The van der Waals surface area contributed by atoms with Gasteiger partial charge in [0.1, 0.15) is 22.2 Å². The van der Waals surface area contributed by atoms with Crippen molar-refractivity contribution < 1.29 is 12.8 Å². The van der Waals surface area contributed by atoms with Gasteiger partial charge in [-0.3, -0.25) is 4.68 Å². The first kappa shape index (κ1) is 18.0. The Hall–Kier alpha value is -3.38. The second-order valence-electron chi connectivity index (χ2n) is 6.03. The molecule has 0 amide bonds. The van der Waals surface area contributed by atoms with Gasteiger partial charge in [-0.15, -0.1) is 15.3 Å². The summed E-state index contributed by atoms with van der Waals surface area (Å²) in [6.07, 6.45) is 1.34. The van der Waals surface area contributed by atoms with E-state index in [4.69, 9.17) is 5.14 Å². The molecule has 4 aromatic rings. The smallest absolute Gasteiger partial charge is 0.241 e. The van der Waals surface area contributed by atoms with Crippen LogP contribution in [0.1, 0.15) is 5.69 Å². The second-order valence-corrected chi connectivity index (χ2v) is 7.56. The third kappa shape index (κ3) is 3.42. The summed E-state index contributed by atoms with van der Waals surface area (Å²) in [6.45, 7) is 0.0963. The van der Waals surface area contributed by atoms with Gasteiger partial charge >= 0.3 is 0 Å². The van der Waals surface area contributed by atoms with Crippen LogP contribution in [0, 0.1) is 5.82 Å². The van der Waals surface area contributed by atoms with Gasteiger partial charge in [0.25, 0.3) is 0 Å². The highest BCUT2D eigenvalue weighted by Gasteiger charge is 2.18. The van der Waals surface area contributed by atoms with E-state index >= 15 is 0 Å². The summed E-state index contributed by atoms with van der Waals surface area (Å²) in [5.41, 5.74) is 1.43. The molecule has 3 aromatic heterocycles. The van der Waals surface area contributed by atoms with E-state index in [0.717, 1.165) is 0 Å². The van der Waals surface area contributed by atoms with Crippen LogP contribution < -0.4 is 10.5 Å². The number of sulfonamides is 1. The second kappa shape index (κ2) is 6.65. The zero-order valence-corrected chi connectivity index (χ0v) is 15.4. The van der Waals surface area contributed by atoms with E-state index in [1.807, 2.05) is 0 Å². The Morgan fingerprint density at radius 1 is 1.11 bits per heavy atom. The first-order chi connectivity index (χ1) is 13.3. The maximum atomic E-state index is 13.2. The summed E-state index contributed by atoms with van der Waals surface area (Å²) in [5, 5.41) is 24.9. The van der Waals surface area contributed by atoms with Crippen LogP contribution in [0.15, 0.2) is 47.5 Å². The van der Waals surface area contributed by atoms with Gasteiger partial charge in [-0.2, -0.15) is 9.61 Å². The van der Waals surface area contributed by atoms with Crippen molar-refractivity contribution in [2.75, 3.05) is 5.32 Å². The third-order valence-corrected chi connectivity index (χ3v) is 4.93. The molecular formula is C16H15FN8O2S. The zero-order valence-electron chi connectivity index (χ0n) is 14.6. The lowest BCUT2D eigenvalue weighted by molar-refractivity contribution is 0.596. The molecule has 28 heavy (non-hydrogen) atoms. The molecule has 1 aromatic carbocycles. The molecule has 0 saturated carbocycles. The first-order valence-electron chi connectivity index (χ1n) is 8.09. The monoisotopic (exact) mass is 402 g/mol. The fourth-order valence-corrected chi connectivity index (χ4v) is 3.45. The number of nitrogens with zero attached hydrogens (tertiary/aromatic N) is 6. The molecule has 0 saturated heterocycles. The minimum Gasteiger partial charge on any atom is -0.363 e. The van der Waals surface area contributed by atoms with Gasteiger partial charge in [-0.1, -0.05) is 0 Å². The highest BCUT2D eigenvalue weighted by Crippen LogP contribution is 2.19. The molecule has 0 fully saturated rings. The number of fused-ring (bicyclic) bond motifs is 1. The van der Waals surface area contributed by atoms with Gasteiger partial charge in [0, 0.05) is 18.8 Å². The van der Waals surface area contributed by atoms with E-state index in [9.17, 15) is 12.8 Å². The molecule has 3 N–H and O–H groups in total. The van der Waals surface area contributed by atoms with Crippen molar-refractivity contribution in [3.63, 3.8) is 0 Å². The normalized spacial score (nSPS) is 11.8. The molecule has 0 aliphatic carbocycles. The average Bonchev–Trinajstić information content (AvgIpc) is 3.23. The summed E-state index contributed by atoms with van der Waals surface area (Å²) >= 11 is 0. The van der Waals surface area contributed by atoms with E-state index in [1.54, 1.807) is 31.3 Å². The largest absolute Gasteiger partial charge is 0.363 e. The number of nitrogens with one attached hydrogen (secondary N) is 1. The van der Waals surface area contributed by atoms with Crippen molar-refractivity contribution in [3.8, 4) is 11.4 Å². The van der Waals surface area contributed by atoms with E-state index < -0.39 is 10.0 Å². The van der Waals surface area contributed by atoms with Crippen molar-refractivity contribution in [1.29, 1.82) is 0 Å². The van der Waals surface area contributed by atoms with Crippen LogP contribution in [0.5, 0.6) is 0 Å². The number of aryl methyl sites for hydroxylation is 1. The van der Waals surface area contributed by atoms with Crippen molar-refractivity contribution in [2.24, 2.45) is 12.2 Å². The lowest BCUT2D eigenvalue weighted by Crippen LogP contribution is -2.15. The predicted octanol–water partition coefficient (Wildman–Crippen LogP) is 0.923. The molecular weight excluding hydrogens is 387 g/mol. The van der Waals surface area contributed by atoms with Gasteiger partial charge in [0.05, 0.1) is 6.54 Å². The Bertz CT molecular complexity index is 1260. The van der Waals surface area contributed by atoms with Crippen LogP contribution in [0.3, 0.4) is 0 Å². The summed E-state index contributed by atoms with van der Waals surface area (Å²) in [6, 6.07) is 9.20. The molecule has 4 rings (SSSR count). The number of primary sulfonamides is 1. The number of hydrogen-bond acceptors (Lipinski definition) is 7. The minimum absolute atomic E-state index is 0.0557. The van der Waals surface area contributed by atoms with E-state index in [1.165, 1.54) is 27.5 Å². The van der Waals surface area contributed by atoms with Gasteiger partial charge < -0.3 is 5.32 Å². The predicted molar refractivity (Wildman–Crippen MR) is 98.1 cm³/mol. The summed E-state index contributed by atoms with van der Waals surface area (Å²) in [5.74, 6) is 0.539. The standard InChI is InChI=1S/C16H15FN8O2S/c1-24-9-13(28(18,26)27)12(22-24)8-19-14-6-7-15-20-21-16(25(15)23-14)10-2-4-11(17)5-3-10/h2-7,9H,8H2,1H3,(H,19,23)(H2,18,26,27). The molecule has 3 heterocycles. The van der Waals surface area contributed by atoms with Crippen molar-refractivity contribution in [1.82, 2.24) is 29.6 Å². The van der Waals surface area contributed by atoms with E-state index in [0.29, 0.717) is 22.9 Å². The number of anilines is 1. The summed E-state index contributed by atoms with van der Waals surface area (Å²) in [4.78, 5) is -0.0557. The Labute approximate surface area is 158 Å². The van der Waals surface area contributed by atoms with E-state index in [-0.39, 0.29) is 23.0 Å². The van der Waals surface area contributed by atoms with Crippen LogP contribution in [0.2, 0.25) is 0 Å². The highest BCUT2D eigenvalue weighted by molar-refractivity contribution is 7.89. The van der Waals surface area contributed by atoms with Gasteiger partial charge in [-0.25, -0.2) is 17.9 Å². The quantitative estimate of drug-likeness (QED) is 0.507. The minimum atomic E-state index is -3.89. The van der Waals surface area contributed by atoms with Gasteiger partial charge in [0.2, 0.25) is 10.0 Å². The Morgan fingerprint density at radius 2 is 1.86 bits per heavy atom. The average molecular weight is 402 g/mol. The number of aromatic nitrogens is 6. The molecule has 0 spiro atoms. The SMILES string of the molecule is Cn1cc(S(N)(=O)=O)c(CNc2ccc3nnc(-c4ccc(F)cc4)n3n2)n1. The maximum Gasteiger partial charge on any atom is 0.241 e. The topological polar surface area (TPSA) is 133 Å². The molecule has 0 unspecified atom stereocenters.